The molecule has 0 unspecified atom stereocenters. The van der Waals surface area contributed by atoms with Gasteiger partial charge in [-0.25, -0.2) is 4.79 Å². The van der Waals surface area contributed by atoms with Crippen molar-refractivity contribution in [2.75, 3.05) is 12.4 Å². The Labute approximate surface area is 141 Å². The number of nitrogens with zero attached hydrogens (tertiary/aromatic N) is 3. The van der Waals surface area contributed by atoms with Gasteiger partial charge in [0.2, 0.25) is 0 Å². The molecule has 1 atom stereocenters. The van der Waals surface area contributed by atoms with Crippen molar-refractivity contribution in [3.05, 3.63) is 66.1 Å². The number of fused-ring (bicyclic) bond motifs is 1. The summed E-state index contributed by atoms with van der Waals surface area (Å²) in [6, 6.07) is 13.4. The number of urea groups is 1. The molecular formula is C19H20N4O. The summed E-state index contributed by atoms with van der Waals surface area (Å²) in [5.74, 6) is 0. The number of rotatable bonds is 3. The van der Waals surface area contributed by atoms with Gasteiger partial charge in [0.25, 0.3) is 0 Å². The maximum atomic E-state index is 12.6. The number of anilines is 1. The number of para-hydroxylation sites is 1. The molecule has 2 amide bonds. The minimum absolute atomic E-state index is 0.0577. The van der Waals surface area contributed by atoms with Crippen molar-refractivity contribution in [1.29, 1.82) is 0 Å². The number of aryl methyl sites for hydroxylation is 1. The molecule has 2 heterocycles. The Morgan fingerprint density at radius 3 is 2.62 bits per heavy atom. The molecule has 0 spiro atoms. The predicted octanol–water partition coefficient (Wildman–Crippen LogP) is 4.16. The Morgan fingerprint density at radius 2 is 1.88 bits per heavy atom. The zero-order chi connectivity index (χ0) is 17.1. The van der Waals surface area contributed by atoms with Crippen molar-refractivity contribution in [2.45, 2.75) is 19.9 Å². The standard InChI is InChI=1S/C19H20N4O/c1-13-7-8-16-5-4-6-17(18(16)21-13)22-19(24)23(3)14(2)15-9-11-20-12-10-15/h4-12,14H,1-3H3,(H,22,24)/t14-/m0/s1. The minimum atomic E-state index is -0.171. The fraction of sp³-hybridized carbons (Fsp3) is 0.211. The Morgan fingerprint density at radius 1 is 1.12 bits per heavy atom. The summed E-state index contributed by atoms with van der Waals surface area (Å²) in [6.45, 7) is 3.93. The summed E-state index contributed by atoms with van der Waals surface area (Å²) in [7, 11) is 1.78. The van der Waals surface area contributed by atoms with Gasteiger partial charge in [-0.15, -0.1) is 0 Å². The van der Waals surface area contributed by atoms with E-state index < -0.39 is 0 Å². The summed E-state index contributed by atoms with van der Waals surface area (Å²) in [5.41, 5.74) is 3.48. The molecule has 1 N–H and O–H groups in total. The molecule has 0 saturated heterocycles. The molecule has 0 saturated carbocycles. The van der Waals surface area contributed by atoms with Crippen LogP contribution in [0.5, 0.6) is 0 Å². The zero-order valence-electron chi connectivity index (χ0n) is 14.0. The van der Waals surface area contributed by atoms with Crippen LogP contribution in [0.25, 0.3) is 10.9 Å². The van der Waals surface area contributed by atoms with E-state index in [-0.39, 0.29) is 12.1 Å². The highest BCUT2D eigenvalue weighted by atomic mass is 16.2. The van der Waals surface area contributed by atoms with Gasteiger partial charge in [-0.3, -0.25) is 9.97 Å². The molecule has 122 valence electrons. The number of aromatic nitrogens is 2. The van der Waals surface area contributed by atoms with Crippen LogP contribution < -0.4 is 5.32 Å². The van der Waals surface area contributed by atoms with Crippen molar-refractivity contribution in [3.8, 4) is 0 Å². The zero-order valence-corrected chi connectivity index (χ0v) is 14.0. The molecule has 2 aromatic heterocycles. The lowest BCUT2D eigenvalue weighted by Gasteiger charge is -2.25. The molecule has 0 aliphatic carbocycles. The third kappa shape index (κ3) is 3.20. The molecule has 0 aliphatic heterocycles. The molecular weight excluding hydrogens is 300 g/mol. The first kappa shape index (κ1) is 15.9. The molecule has 5 nitrogen and oxygen atoms in total. The highest BCUT2D eigenvalue weighted by Gasteiger charge is 2.18. The van der Waals surface area contributed by atoms with E-state index in [2.05, 4.69) is 15.3 Å². The molecule has 0 bridgehead atoms. The van der Waals surface area contributed by atoms with E-state index in [1.165, 1.54) is 0 Å². The van der Waals surface area contributed by atoms with Gasteiger partial charge in [-0.2, -0.15) is 0 Å². The van der Waals surface area contributed by atoms with Crippen molar-refractivity contribution in [1.82, 2.24) is 14.9 Å². The molecule has 24 heavy (non-hydrogen) atoms. The Balaban J connectivity index is 1.83. The molecule has 0 aliphatic rings. The summed E-state index contributed by atoms with van der Waals surface area (Å²) >= 11 is 0. The van der Waals surface area contributed by atoms with Crippen LogP contribution in [-0.4, -0.2) is 27.9 Å². The van der Waals surface area contributed by atoms with E-state index in [0.29, 0.717) is 0 Å². The van der Waals surface area contributed by atoms with Crippen molar-refractivity contribution in [3.63, 3.8) is 0 Å². The lowest BCUT2D eigenvalue weighted by molar-refractivity contribution is 0.208. The molecule has 5 heteroatoms. The van der Waals surface area contributed by atoms with Crippen LogP contribution in [0.1, 0.15) is 24.2 Å². The SMILES string of the molecule is Cc1ccc2cccc(NC(=O)N(C)[C@@H](C)c3ccncc3)c2n1. The normalized spacial score (nSPS) is 12.0. The molecule has 0 radical (unpaired) electrons. The quantitative estimate of drug-likeness (QED) is 0.788. The van der Waals surface area contributed by atoms with Crippen molar-refractivity contribution in [2.24, 2.45) is 0 Å². The van der Waals surface area contributed by atoms with Crippen LogP contribution in [0.4, 0.5) is 10.5 Å². The largest absolute Gasteiger partial charge is 0.322 e. The van der Waals surface area contributed by atoms with E-state index in [4.69, 9.17) is 0 Å². The lowest BCUT2D eigenvalue weighted by atomic mass is 10.1. The van der Waals surface area contributed by atoms with Crippen LogP contribution in [0.3, 0.4) is 0 Å². The van der Waals surface area contributed by atoms with Gasteiger partial charge >= 0.3 is 6.03 Å². The smallest absolute Gasteiger partial charge is 0.321 e. The van der Waals surface area contributed by atoms with Gasteiger partial charge in [0.1, 0.15) is 0 Å². The summed E-state index contributed by atoms with van der Waals surface area (Å²) in [5, 5.41) is 3.97. The maximum Gasteiger partial charge on any atom is 0.322 e. The van der Waals surface area contributed by atoms with Crippen molar-refractivity contribution < 1.29 is 4.79 Å². The maximum absolute atomic E-state index is 12.6. The average Bonchev–Trinajstić information content (AvgIpc) is 2.61. The van der Waals surface area contributed by atoms with E-state index in [1.807, 2.05) is 56.3 Å². The number of hydrogen-bond acceptors (Lipinski definition) is 3. The summed E-state index contributed by atoms with van der Waals surface area (Å²) in [6.07, 6.45) is 3.46. The van der Waals surface area contributed by atoms with Gasteiger partial charge < -0.3 is 10.2 Å². The second-order valence-corrected chi connectivity index (χ2v) is 5.83. The average molecular weight is 320 g/mol. The van der Waals surface area contributed by atoms with E-state index in [9.17, 15) is 4.79 Å². The summed E-state index contributed by atoms with van der Waals surface area (Å²) < 4.78 is 0. The highest BCUT2D eigenvalue weighted by Crippen LogP contribution is 2.24. The first-order valence-corrected chi connectivity index (χ1v) is 7.86. The van der Waals surface area contributed by atoms with Gasteiger partial charge in [-0.1, -0.05) is 18.2 Å². The molecule has 3 aromatic rings. The first-order chi connectivity index (χ1) is 11.6. The van der Waals surface area contributed by atoms with Crippen LogP contribution >= 0.6 is 0 Å². The molecule has 1 aromatic carbocycles. The highest BCUT2D eigenvalue weighted by molar-refractivity contribution is 5.99. The monoisotopic (exact) mass is 320 g/mol. The van der Waals surface area contributed by atoms with Gasteiger partial charge in [0.05, 0.1) is 17.2 Å². The number of carbonyl (C=O) groups excluding carboxylic acids is 1. The topological polar surface area (TPSA) is 58.1 Å². The second-order valence-electron chi connectivity index (χ2n) is 5.83. The van der Waals surface area contributed by atoms with Gasteiger partial charge in [0, 0.05) is 30.5 Å². The van der Waals surface area contributed by atoms with Crippen LogP contribution in [0, 0.1) is 6.92 Å². The van der Waals surface area contributed by atoms with E-state index in [1.54, 1.807) is 24.3 Å². The Hall–Kier alpha value is -2.95. The third-order valence-electron chi connectivity index (χ3n) is 4.19. The number of hydrogen-bond donors (Lipinski definition) is 1. The fourth-order valence-electron chi connectivity index (χ4n) is 2.59. The molecule has 3 rings (SSSR count). The Bertz CT molecular complexity index is 864. The second kappa shape index (κ2) is 6.66. The minimum Gasteiger partial charge on any atom is -0.321 e. The third-order valence-corrected chi connectivity index (χ3v) is 4.19. The number of amides is 2. The number of nitrogens with one attached hydrogen (secondary N) is 1. The molecule has 0 fully saturated rings. The number of carbonyl (C=O) groups is 1. The van der Waals surface area contributed by atoms with E-state index >= 15 is 0 Å². The predicted molar refractivity (Wildman–Crippen MR) is 95.9 cm³/mol. The van der Waals surface area contributed by atoms with Gasteiger partial charge in [0.15, 0.2) is 0 Å². The fourth-order valence-corrected chi connectivity index (χ4v) is 2.59. The first-order valence-electron chi connectivity index (χ1n) is 7.86. The van der Waals surface area contributed by atoms with Crippen LogP contribution in [0.15, 0.2) is 54.9 Å². The van der Waals surface area contributed by atoms with E-state index in [0.717, 1.165) is 27.8 Å². The van der Waals surface area contributed by atoms with Gasteiger partial charge in [-0.05, 0) is 43.7 Å². The lowest BCUT2D eigenvalue weighted by Crippen LogP contribution is -2.33. The van der Waals surface area contributed by atoms with Crippen molar-refractivity contribution >= 4 is 22.6 Å². The number of pyridine rings is 2. The number of benzene rings is 1. The Kier molecular flexibility index (Phi) is 4.42. The van der Waals surface area contributed by atoms with Crippen LogP contribution in [0.2, 0.25) is 0 Å². The summed E-state index contributed by atoms with van der Waals surface area (Å²) in [4.78, 5) is 22.9. The van der Waals surface area contributed by atoms with Crippen LogP contribution in [-0.2, 0) is 0 Å².